The fourth-order valence-corrected chi connectivity index (χ4v) is 6.95. The lowest BCUT2D eigenvalue weighted by atomic mass is 9.94. The van der Waals surface area contributed by atoms with Crippen molar-refractivity contribution in [2.75, 3.05) is 31.1 Å². The molecule has 0 spiro atoms. The van der Waals surface area contributed by atoms with E-state index in [0.717, 1.165) is 68.8 Å². The van der Waals surface area contributed by atoms with Crippen LogP contribution in [-0.4, -0.2) is 64.3 Å². The van der Waals surface area contributed by atoms with E-state index in [0.29, 0.717) is 29.4 Å². The van der Waals surface area contributed by atoms with E-state index >= 15 is 0 Å². The van der Waals surface area contributed by atoms with Gasteiger partial charge < -0.3 is 15.0 Å². The Balaban J connectivity index is 1.18. The molecule has 1 amide bonds. The molecule has 10 heteroatoms. The maximum atomic E-state index is 13.2. The lowest BCUT2D eigenvalue weighted by Crippen LogP contribution is -2.46. The number of piperazine rings is 1. The van der Waals surface area contributed by atoms with Gasteiger partial charge in [0.25, 0.3) is 0 Å². The molecule has 1 saturated heterocycles. The van der Waals surface area contributed by atoms with Gasteiger partial charge in [0.1, 0.15) is 6.10 Å². The number of rotatable bonds is 11. The predicted octanol–water partition coefficient (Wildman–Crippen LogP) is 6.97. The summed E-state index contributed by atoms with van der Waals surface area (Å²) < 4.78 is 7.79. The summed E-state index contributed by atoms with van der Waals surface area (Å²) in [7, 11) is 0. The van der Waals surface area contributed by atoms with E-state index in [1.165, 1.54) is 5.56 Å². The van der Waals surface area contributed by atoms with Crippen LogP contribution < -0.4 is 10.2 Å². The molecule has 8 nitrogen and oxygen atoms in total. The number of nitrogens with zero attached hydrogens (tertiary/aromatic N) is 5. The summed E-state index contributed by atoms with van der Waals surface area (Å²) in [6.07, 6.45) is 7.06. The first-order chi connectivity index (χ1) is 22.0. The lowest BCUT2D eigenvalue weighted by Gasteiger charge is -2.35. The fraction of sp³-hybridized carbons (Fsp3) is 0.400. The van der Waals surface area contributed by atoms with Gasteiger partial charge in [-0.2, -0.15) is 0 Å². The van der Waals surface area contributed by atoms with Gasteiger partial charge in [0.2, 0.25) is 0 Å². The first-order valence-electron chi connectivity index (χ1n) is 15.9. The summed E-state index contributed by atoms with van der Waals surface area (Å²) in [5.74, 6) is 0. The summed E-state index contributed by atoms with van der Waals surface area (Å²) in [6.45, 7) is 4.20. The van der Waals surface area contributed by atoms with Gasteiger partial charge in [0.05, 0.1) is 24.0 Å². The van der Waals surface area contributed by atoms with Crippen LogP contribution in [0.3, 0.4) is 0 Å². The number of carbonyl (C=O) groups excluding carboxylic acids is 1. The molecule has 1 aliphatic carbocycles. The molecule has 236 valence electrons. The van der Waals surface area contributed by atoms with Crippen molar-refractivity contribution in [3.8, 4) is 0 Å². The number of halogens is 2. The second-order valence-corrected chi connectivity index (χ2v) is 13.0. The predicted molar refractivity (Wildman–Crippen MR) is 179 cm³/mol. The van der Waals surface area contributed by atoms with E-state index in [-0.39, 0.29) is 24.3 Å². The number of aromatic nitrogens is 3. The summed E-state index contributed by atoms with van der Waals surface area (Å²) in [4.78, 5) is 17.9. The Bertz CT molecular complexity index is 1500. The second-order valence-electron chi connectivity index (χ2n) is 12.1. The first-order valence-corrected chi connectivity index (χ1v) is 16.6. The standard InChI is InChI=1S/C35H40Cl2N6O2/c36-28-21-29(37)23-31(22-28)42-17-15-41(16-18-42)24-30-25-43(40-39-30)34(20-27-11-5-2-6-12-27)33(19-26-9-3-1-4-10-26)38-35(44)45-32-13-7-8-14-32/h1-6,9-12,21-23,25,32-34H,7-8,13-20,24H2,(H,38,44)/t33-,34-/m0/s1. The Labute approximate surface area is 275 Å². The fourth-order valence-electron chi connectivity index (χ4n) is 6.43. The number of benzene rings is 3. The van der Waals surface area contributed by atoms with Crippen molar-refractivity contribution in [1.82, 2.24) is 25.2 Å². The van der Waals surface area contributed by atoms with Crippen molar-refractivity contribution < 1.29 is 9.53 Å². The van der Waals surface area contributed by atoms with Crippen molar-refractivity contribution in [2.45, 2.75) is 63.3 Å². The summed E-state index contributed by atoms with van der Waals surface area (Å²) in [5, 5.41) is 13.8. The number of amides is 1. The van der Waals surface area contributed by atoms with Crippen LogP contribution in [0, 0.1) is 0 Å². The normalized spacial score (nSPS) is 17.2. The zero-order valence-corrected chi connectivity index (χ0v) is 26.9. The van der Waals surface area contributed by atoms with Crippen LogP contribution in [-0.2, 0) is 24.1 Å². The van der Waals surface area contributed by atoms with Gasteiger partial charge in [-0.25, -0.2) is 9.48 Å². The van der Waals surface area contributed by atoms with Crippen LogP contribution in [0.1, 0.15) is 48.5 Å². The van der Waals surface area contributed by atoms with Crippen molar-refractivity contribution in [3.63, 3.8) is 0 Å². The largest absolute Gasteiger partial charge is 0.446 e. The van der Waals surface area contributed by atoms with Gasteiger partial charge in [0, 0.05) is 48.5 Å². The van der Waals surface area contributed by atoms with Crippen LogP contribution in [0.25, 0.3) is 0 Å². The molecule has 45 heavy (non-hydrogen) atoms. The number of hydrogen-bond donors (Lipinski definition) is 1. The summed E-state index contributed by atoms with van der Waals surface area (Å²) in [6, 6.07) is 25.9. The Morgan fingerprint density at radius 3 is 2.13 bits per heavy atom. The molecule has 2 fully saturated rings. The highest BCUT2D eigenvalue weighted by Gasteiger charge is 2.29. The summed E-state index contributed by atoms with van der Waals surface area (Å²) >= 11 is 12.5. The molecule has 1 saturated carbocycles. The molecule has 2 heterocycles. The third-order valence-corrected chi connectivity index (χ3v) is 9.23. The molecule has 4 aromatic rings. The highest BCUT2D eigenvalue weighted by Crippen LogP contribution is 2.27. The van der Waals surface area contributed by atoms with Gasteiger partial charge in [-0.05, 0) is 67.9 Å². The Hall–Kier alpha value is -3.59. The number of carbonyl (C=O) groups is 1. The minimum absolute atomic E-state index is 0.00995. The van der Waals surface area contributed by atoms with Crippen molar-refractivity contribution in [3.05, 3.63) is 112 Å². The van der Waals surface area contributed by atoms with Gasteiger partial charge in [-0.3, -0.25) is 4.90 Å². The molecular weight excluding hydrogens is 607 g/mol. The van der Waals surface area contributed by atoms with E-state index in [1.807, 2.05) is 59.4 Å². The molecule has 6 rings (SSSR count). The highest BCUT2D eigenvalue weighted by molar-refractivity contribution is 6.35. The Kier molecular flexibility index (Phi) is 10.6. The zero-order chi connectivity index (χ0) is 31.0. The number of ether oxygens (including phenoxy) is 1. The topological polar surface area (TPSA) is 75.5 Å². The molecule has 0 unspecified atom stereocenters. The SMILES string of the molecule is O=C(N[C@@H](Cc1ccccc1)[C@H](Cc1ccccc1)n1cc(CN2CCN(c3cc(Cl)cc(Cl)c3)CC2)nn1)OC1CCCC1. The van der Waals surface area contributed by atoms with Crippen LogP contribution in [0.15, 0.2) is 85.1 Å². The average molecular weight is 648 g/mol. The van der Waals surface area contributed by atoms with E-state index < -0.39 is 0 Å². The molecule has 2 aliphatic rings. The van der Waals surface area contributed by atoms with Crippen molar-refractivity contribution in [2.24, 2.45) is 0 Å². The van der Waals surface area contributed by atoms with Crippen LogP contribution >= 0.6 is 23.2 Å². The number of alkyl carbamates (subject to hydrolysis) is 1. The van der Waals surface area contributed by atoms with E-state index in [4.69, 9.17) is 27.9 Å². The quantitative estimate of drug-likeness (QED) is 0.190. The maximum Gasteiger partial charge on any atom is 0.407 e. The lowest BCUT2D eigenvalue weighted by molar-refractivity contribution is 0.0946. The summed E-state index contributed by atoms with van der Waals surface area (Å²) in [5.41, 5.74) is 4.26. The minimum Gasteiger partial charge on any atom is -0.446 e. The smallest absolute Gasteiger partial charge is 0.407 e. The molecular formula is C35H40Cl2N6O2. The van der Waals surface area contributed by atoms with Gasteiger partial charge >= 0.3 is 6.09 Å². The van der Waals surface area contributed by atoms with Gasteiger partial charge in [-0.15, -0.1) is 5.10 Å². The molecule has 0 radical (unpaired) electrons. The molecule has 3 aromatic carbocycles. The van der Waals surface area contributed by atoms with E-state index in [1.54, 1.807) is 6.07 Å². The number of nitrogens with one attached hydrogen (secondary N) is 1. The number of hydrogen-bond acceptors (Lipinski definition) is 6. The Morgan fingerprint density at radius 2 is 1.49 bits per heavy atom. The minimum atomic E-state index is -0.361. The molecule has 1 N–H and O–H groups in total. The molecule has 1 aliphatic heterocycles. The monoisotopic (exact) mass is 646 g/mol. The third kappa shape index (κ3) is 8.78. The molecule has 0 bridgehead atoms. The van der Waals surface area contributed by atoms with Crippen LogP contribution in [0.4, 0.5) is 10.5 Å². The molecule has 2 atom stereocenters. The van der Waals surface area contributed by atoms with E-state index in [2.05, 4.69) is 49.7 Å². The number of anilines is 1. The van der Waals surface area contributed by atoms with Gasteiger partial charge in [-0.1, -0.05) is 89.1 Å². The second kappa shape index (κ2) is 15.1. The zero-order valence-electron chi connectivity index (χ0n) is 25.4. The van der Waals surface area contributed by atoms with Crippen molar-refractivity contribution in [1.29, 1.82) is 0 Å². The molecule has 1 aromatic heterocycles. The third-order valence-electron chi connectivity index (χ3n) is 8.80. The van der Waals surface area contributed by atoms with Crippen LogP contribution in [0.5, 0.6) is 0 Å². The first kappa shape index (κ1) is 31.4. The van der Waals surface area contributed by atoms with Crippen molar-refractivity contribution >= 4 is 35.0 Å². The maximum absolute atomic E-state index is 13.2. The van der Waals surface area contributed by atoms with E-state index in [9.17, 15) is 4.79 Å². The highest BCUT2D eigenvalue weighted by atomic mass is 35.5. The average Bonchev–Trinajstić information content (AvgIpc) is 3.73. The van der Waals surface area contributed by atoms with Crippen LogP contribution in [0.2, 0.25) is 10.0 Å². The van der Waals surface area contributed by atoms with Gasteiger partial charge in [0.15, 0.2) is 0 Å². The Morgan fingerprint density at radius 1 is 0.867 bits per heavy atom.